The van der Waals surface area contributed by atoms with Crippen LogP contribution in [0.1, 0.15) is 15.9 Å². The summed E-state index contributed by atoms with van der Waals surface area (Å²) in [6.45, 7) is 1.61. The maximum atomic E-state index is 12.2. The number of nitrogens with one attached hydrogen (secondary N) is 1. The van der Waals surface area contributed by atoms with E-state index in [4.69, 9.17) is 9.47 Å². The van der Waals surface area contributed by atoms with Crippen molar-refractivity contribution in [1.82, 2.24) is 9.97 Å². The molecule has 0 spiro atoms. The summed E-state index contributed by atoms with van der Waals surface area (Å²) < 4.78 is 10.9. The summed E-state index contributed by atoms with van der Waals surface area (Å²) in [7, 11) is 0. The Morgan fingerprint density at radius 2 is 1.48 bits per heavy atom. The Hall–Kier alpha value is -4.26. The molecule has 4 aromatic rings. The molecule has 0 unspecified atom stereocenters. The van der Waals surface area contributed by atoms with Crippen LogP contribution in [0.3, 0.4) is 0 Å². The van der Waals surface area contributed by atoms with Crippen molar-refractivity contribution in [2.45, 2.75) is 6.92 Å². The molecule has 1 heterocycles. The van der Waals surface area contributed by atoms with Gasteiger partial charge in [-0.15, -0.1) is 0 Å². The molecule has 7 nitrogen and oxygen atoms in total. The van der Waals surface area contributed by atoms with Gasteiger partial charge in [0.1, 0.15) is 11.5 Å². The van der Waals surface area contributed by atoms with Gasteiger partial charge in [-0.3, -0.25) is 14.8 Å². The van der Waals surface area contributed by atoms with Gasteiger partial charge in [0.25, 0.3) is 5.91 Å². The van der Waals surface area contributed by atoms with Gasteiger partial charge in [-0.25, -0.2) is 4.79 Å². The Morgan fingerprint density at radius 3 is 2.19 bits per heavy atom. The Bertz CT molecular complexity index is 1220. The van der Waals surface area contributed by atoms with Crippen molar-refractivity contribution in [3.05, 3.63) is 90.3 Å². The highest BCUT2D eigenvalue weighted by molar-refractivity contribution is 5.97. The van der Waals surface area contributed by atoms with Gasteiger partial charge in [0.05, 0.1) is 16.6 Å². The second kappa shape index (κ2) is 9.04. The van der Waals surface area contributed by atoms with E-state index in [1.54, 1.807) is 54.9 Å². The molecule has 0 saturated carbocycles. The number of rotatable bonds is 6. The van der Waals surface area contributed by atoms with Gasteiger partial charge in [0.15, 0.2) is 6.61 Å². The van der Waals surface area contributed by atoms with E-state index in [-0.39, 0.29) is 0 Å². The third-order valence-corrected chi connectivity index (χ3v) is 4.43. The van der Waals surface area contributed by atoms with Crippen LogP contribution in [-0.2, 0) is 9.53 Å². The van der Waals surface area contributed by atoms with Crippen molar-refractivity contribution in [3.8, 4) is 11.5 Å². The molecular formula is C24H19N3O4. The Labute approximate surface area is 178 Å². The van der Waals surface area contributed by atoms with Crippen LogP contribution >= 0.6 is 0 Å². The second-order valence-electron chi connectivity index (χ2n) is 6.82. The van der Waals surface area contributed by atoms with Crippen LogP contribution in [0.5, 0.6) is 11.5 Å². The van der Waals surface area contributed by atoms with Crippen LogP contribution < -0.4 is 10.1 Å². The van der Waals surface area contributed by atoms with E-state index in [9.17, 15) is 9.59 Å². The van der Waals surface area contributed by atoms with Gasteiger partial charge in [0, 0.05) is 18.1 Å². The average molecular weight is 413 g/mol. The van der Waals surface area contributed by atoms with E-state index in [2.05, 4.69) is 15.3 Å². The number of ether oxygens (including phenoxy) is 2. The molecule has 0 bridgehead atoms. The number of anilines is 1. The number of carbonyl (C=O) groups excluding carboxylic acids is 2. The molecule has 0 saturated heterocycles. The van der Waals surface area contributed by atoms with Crippen LogP contribution in [0, 0.1) is 6.92 Å². The Balaban J connectivity index is 1.29. The number of aryl methyl sites for hydroxylation is 1. The number of hydrogen-bond donors (Lipinski definition) is 1. The topological polar surface area (TPSA) is 90.4 Å². The largest absolute Gasteiger partial charge is 0.457 e. The quantitative estimate of drug-likeness (QED) is 0.467. The van der Waals surface area contributed by atoms with Gasteiger partial charge in [-0.05, 0) is 61.5 Å². The number of fused-ring (bicyclic) bond motifs is 1. The summed E-state index contributed by atoms with van der Waals surface area (Å²) in [6.07, 6.45) is 3.12. The van der Waals surface area contributed by atoms with Gasteiger partial charge >= 0.3 is 5.97 Å². The number of carbonyl (C=O) groups is 2. The molecule has 0 atom stereocenters. The first-order valence-corrected chi connectivity index (χ1v) is 9.59. The summed E-state index contributed by atoms with van der Waals surface area (Å²) >= 11 is 0. The third kappa shape index (κ3) is 5.22. The van der Waals surface area contributed by atoms with E-state index < -0.39 is 18.5 Å². The number of hydrogen-bond acceptors (Lipinski definition) is 6. The first-order valence-electron chi connectivity index (χ1n) is 9.59. The minimum atomic E-state index is -0.607. The summed E-state index contributed by atoms with van der Waals surface area (Å²) in [5.41, 5.74) is 3.28. The molecule has 0 aliphatic carbocycles. The summed E-state index contributed by atoms with van der Waals surface area (Å²) in [4.78, 5) is 32.6. The minimum absolute atomic E-state index is 0.304. The van der Waals surface area contributed by atoms with Crippen LogP contribution in [-0.4, -0.2) is 28.5 Å². The molecule has 4 rings (SSSR count). The highest BCUT2D eigenvalue weighted by Gasteiger charge is 2.12. The molecule has 0 aliphatic rings. The molecule has 0 aliphatic heterocycles. The molecule has 1 aromatic heterocycles. The zero-order chi connectivity index (χ0) is 21.6. The van der Waals surface area contributed by atoms with Crippen molar-refractivity contribution in [2.75, 3.05) is 11.9 Å². The van der Waals surface area contributed by atoms with Crippen LogP contribution in [0.25, 0.3) is 11.0 Å². The van der Waals surface area contributed by atoms with Crippen molar-refractivity contribution in [1.29, 1.82) is 0 Å². The lowest BCUT2D eigenvalue weighted by molar-refractivity contribution is -0.119. The predicted octanol–water partition coefficient (Wildman–Crippen LogP) is 4.53. The molecule has 0 radical (unpaired) electrons. The van der Waals surface area contributed by atoms with Gasteiger partial charge < -0.3 is 14.8 Å². The van der Waals surface area contributed by atoms with Gasteiger partial charge in [-0.2, -0.15) is 0 Å². The highest BCUT2D eigenvalue weighted by Crippen LogP contribution is 2.23. The van der Waals surface area contributed by atoms with E-state index in [1.807, 2.05) is 31.2 Å². The number of benzene rings is 3. The standard InChI is InChI=1S/C24H19N3O4/c1-16-2-7-19(8-3-16)31-20-9-5-18(6-10-20)27-23(28)15-30-24(29)17-4-11-21-22(14-17)26-13-12-25-21/h2-14H,15H2,1H3,(H,27,28). The lowest BCUT2D eigenvalue weighted by Crippen LogP contribution is -2.20. The van der Waals surface area contributed by atoms with Crippen LogP contribution in [0.4, 0.5) is 5.69 Å². The molecule has 0 fully saturated rings. The van der Waals surface area contributed by atoms with Crippen molar-refractivity contribution < 1.29 is 19.1 Å². The van der Waals surface area contributed by atoms with E-state index in [0.29, 0.717) is 28.0 Å². The van der Waals surface area contributed by atoms with Crippen LogP contribution in [0.2, 0.25) is 0 Å². The summed E-state index contributed by atoms with van der Waals surface area (Å²) in [6, 6.07) is 19.5. The Kier molecular flexibility index (Phi) is 5.84. The molecule has 1 N–H and O–H groups in total. The lowest BCUT2D eigenvalue weighted by atomic mass is 10.2. The SMILES string of the molecule is Cc1ccc(Oc2ccc(NC(=O)COC(=O)c3ccc4nccnc4c3)cc2)cc1. The number of nitrogens with zero attached hydrogens (tertiary/aromatic N) is 2. The maximum absolute atomic E-state index is 12.2. The van der Waals surface area contributed by atoms with Gasteiger partial charge in [0.2, 0.25) is 0 Å². The minimum Gasteiger partial charge on any atom is -0.457 e. The van der Waals surface area contributed by atoms with E-state index in [0.717, 1.165) is 11.3 Å². The van der Waals surface area contributed by atoms with Crippen molar-refractivity contribution >= 4 is 28.6 Å². The zero-order valence-corrected chi connectivity index (χ0v) is 16.7. The van der Waals surface area contributed by atoms with Crippen molar-refractivity contribution in [3.63, 3.8) is 0 Å². The number of esters is 1. The second-order valence-corrected chi connectivity index (χ2v) is 6.82. The smallest absolute Gasteiger partial charge is 0.338 e. The summed E-state index contributed by atoms with van der Waals surface area (Å²) in [5, 5.41) is 2.68. The number of amides is 1. The maximum Gasteiger partial charge on any atom is 0.338 e. The van der Waals surface area contributed by atoms with Crippen LogP contribution in [0.15, 0.2) is 79.1 Å². The van der Waals surface area contributed by atoms with E-state index >= 15 is 0 Å². The fourth-order valence-corrected chi connectivity index (χ4v) is 2.85. The fourth-order valence-electron chi connectivity index (χ4n) is 2.85. The normalized spacial score (nSPS) is 10.5. The van der Waals surface area contributed by atoms with Crippen molar-refractivity contribution in [2.24, 2.45) is 0 Å². The first-order chi connectivity index (χ1) is 15.1. The molecule has 31 heavy (non-hydrogen) atoms. The molecule has 7 heteroatoms. The number of aromatic nitrogens is 2. The summed E-state index contributed by atoms with van der Waals surface area (Å²) in [5.74, 6) is 0.326. The lowest BCUT2D eigenvalue weighted by Gasteiger charge is -2.09. The van der Waals surface area contributed by atoms with E-state index in [1.165, 1.54) is 0 Å². The molecule has 1 amide bonds. The van der Waals surface area contributed by atoms with Gasteiger partial charge in [-0.1, -0.05) is 17.7 Å². The average Bonchev–Trinajstić information content (AvgIpc) is 2.80. The molecular weight excluding hydrogens is 394 g/mol. The zero-order valence-electron chi connectivity index (χ0n) is 16.7. The third-order valence-electron chi connectivity index (χ3n) is 4.43. The highest BCUT2D eigenvalue weighted by atomic mass is 16.5. The first kappa shape index (κ1) is 20.0. The molecule has 3 aromatic carbocycles. The Morgan fingerprint density at radius 1 is 0.839 bits per heavy atom. The predicted molar refractivity (Wildman–Crippen MR) is 116 cm³/mol. The fraction of sp³-hybridized carbons (Fsp3) is 0.0833. The monoisotopic (exact) mass is 413 g/mol. The molecule has 154 valence electrons.